The van der Waals surface area contributed by atoms with Crippen LogP contribution in [0.25, 0.3) is 0 Å². The third-order valence-electron chi connectivity index (χ3n) is 8.21. The first-order valence-corrected chi connectivity index (χ1v) is 15.7. The molecule has 1 saturated heterocycles. The van der Waals surface area contributed by atoms with Gasteiger partial charge in [0.15, 0.2) is 0 Å². The Labute approximate surface area is 266 Å². The Kier molecular flexibility index (Phi) is 10.1. The molecule has 2 aliphatic heterocycles. The van der Waals surface area contributed by atoms with Crippen LogP contribution in [0.3, 0.4) is 0 Å². The standard InChI is InChI=1S/C33H36BrClN4O4/c1-37-14-6-15-38(18-17-37)31(40)20-22-7-5-16-39(29-13-11-24(35)21-26(22)29)33(42)23-10-12-28(30(19-23)43-2)36-32(41)25-8-3-4-9-27(25)34/h3-4,8-13,19,21-22H,5-7,14-18,20H2,1-2H3,(H,36,41). The first-order valence-electron chi connectivity index (χ1n) is 14.6. The van der Waals surface area contributed by atoms with Crippen LogP contribution in [0.5, 0.6) is 5.75 Å². The highest BCUT2D eigenvalue weighted by Crippen LogP contribution is 2.39. The van der Waals surface area contributed by atoms with Crippen LogP contribution >= 0.6 is 27.5 Å². The fourth-order valence-corrected chi connectivity index (χ4v) is 6.49. The van der Waals surface area contributed by atoms with Gasteiger partial charge < -0.3 is 24.8 Å². The lowest BCUT2D eigenvalue weighted by Gasteiger charge is -2.26. The minimum absolute atomic E-state index is 0.0376. The van der Waals surface area contributed by atoms with Crippen LogP contribution in [0.15, 0.2) is 65.1 Å². The van der Waals surface area contributed by atoms with E-state index < -0.39 is 0 Å². The summed E-state index contributed by atoms with van der Waals surface area (Å²) in [5, 5.41) is 3.46. The number of hydrogen-bond donors (Lipinski definition) is 1. The number of ether oxygens (including phenoxy) is 1. The molecule has 2 heterocycles. The van der Waals surface area contributed by atoms with Gasteiger partial charge in [-0.2, -0.15) is 0 Å². The number of benzene rings is 3. The van der Waals surface area contributed by atoms with Gasteiger partial charge in [0.05, 0.1) is 18.4 Å². The molecular formula is C33H36BrClN4O4. The maximum atomic E-state index is 14.0. The van der Waals surface area contributed by atoms with Crippen LogP contribution in [-0.2, 0) is 4.79 Å². The van der Waals surface area contributed by atoms with Crippen LogP contribution < -0.4 is 15.0 Å². The summed E-state index contributed by atoms with van der Waals surface area (Å²) in [6, 6.07) is 17.7. The molecule has 5 rings (SSSR count). The van der Waals surface area contributed by atoms with Gasteiger partial charge in [-0.1, -0.05) is 23.7 Å². The summed E-state index contributed by atoms with van der Waals surface area (Å²) in [7, 11) is 3.59. The molecule has 0 radical (unpaired) electrons. The van der Waals surface area contributed by atoms with E-state index in [0.29, 0.717) is 45.0 Å². The summed E-state index contributed by atoms with van der Waals surface area (Å²) in [5.74, 6) is 0.00773. The monoisotopic (exact) mass is 666 g/mol. The maximum Gasteiger partial charge on any atom is 0.258 e. The fourth-order valence-electron chi connectivity index (χ4n) is 5.85. The van der Waals surface area contributed by atoms with Crippen LogP contribution in [0, 0.1) is 0 Å². The second-order valence-electron chi connectivity index (χ2n) is 11.1. The first-order chi connectivity index (χ1) is 20.7. The smallest absolute Gasteiger partial charge is 0.258 e. The predicted molar refractivity (Wildman–Crippen MR) is 174 cm³/mol. The molecule has 43 heavy (non-hydrogen) atoms. The number of anilines is 2. The van der Waals surface area contributed by atoms with Gasteiger partial charge >= 0.3 is 0 Å². The Morgan fingerprint density at radius 3 is 2.58 bits per heavy atom. The average Bonchev–Trinajstić information content (AvgIpc) is 3.33. The molecule has 8 nitrogen and oxygen atoms in total. The van der Waals surface area contributed by atoms with Crippen molar-refractivity contribution < 1.29 is 19.1 Å². The number of nitrogens with zero attached hydrogens (tertiary/aromatic N) is 3. The second kappa shape index (κ2) is 13.9. The molecule has 1 N–H and O–H groups in total. The Bertz CT molecular complexity index is 1520. The number of hydrogen-bond acceptors (Lipinski definition) is 5. The van der Waals surface area contributed by atoms with E-state index in [-0.39, 0.29) is 23.6 Å². The quantitative estimate of drug-likeness (QED) is 0.327. The Morgan fingerprint density at radius 2 is 1.79 bits per heavy atom. The zero-order chi connectivity index (χ0) is 30.5. The van der Waals surface area contributed by atoms with Crippen molar-refractivity contribution in [2.24, 2.45) is 0 Å². The number of rotatable bonds is 6. The third-order valence-corrected chi connectivity index (χ3v) is 9.13. The number of likely N-dealkylation sites (N-methyl/N-ethyl adjacent to an activating group) is 1. The zero-order valence-corrected chi connectivity index (χ0v) is 26.8. The molecule has 10 heteroatoms. The van der Waals surface area contributed by atoms with E-state index in [1.807, 2.05) is 23.1 Å². The topological polar surface area (TPSA) is 82.2 Å². The van der Waals surface area contributed by atoms with Crippen LogP contribution in [0.1, 0.15) is 57.9 Å². The van der Waals surface area contributed by atoms with Crippen molar-refractivity contribution in [2.45, 2.75) is 31.6 Å². The maximum absolute atomic E-state index is 14.0. The lowest BCUT2D eigenvalue weighted by atomic mass is 9.90. The summed E-state index contributed by atoms with van der Waals surface area (Å²) in [6.07, 6.45) is 2.88. The van der Waals surface area contributed by atoms with Gasteiger partial charge in [-0.3, -0.25) is 14.4 Å². The number of carbonyl (C=O) groups excluding carboxylic acids is 3. The van der Waals surface area contributed by atoms with Gasteiger partial charge in [-0.25, -0.2) is 0 Å². The molecule has 0 bridgehead atoms. The summed E-state index contributed by atoms with van der Waals surface area (Å²) in [5.41, 5.74) is 3.07. The predicted octanol–water partition coefficient (Wildman–Crippen LogP) is 6.44. The van der Waals surface area contributed by atoms with Gasteiger partial charge in [-0.05, 0) is 109 Å². The Morgan fingerprint density at radius 1 is 0.977 bits per heavy atom. The van der Waals surface area contributed by atoms with Crippen molar-refractivity contribution in [3.05, 3.63) is 86.8 Å². The molecule has 0 spiro atoms. The van der Waals surface area contributed by atoms with Crippen molar-refractivity contribution in [1.82, 2.24) is 9.80 Å². The number of nitrogens with one attached hydrogen (secondary N) is 1. The molecule has 1 fully saturated rings. The van der Waals surface area contributed by atoms with Gasteiger partial charge in [0.2, 0.25) is 5.91 Å². The van der Waals surface area contributed by atoms with Crippen molar-refractivity contribution >= 4 is 56.6 Å². The highest BCUT2D eigenvalue weighted by atomic mass is 79.9. The van der Waals surface area contributed by atoms with Crippen LogP contribution in [-0.4, -0.2) is 74.4 Å². The van der Waals surface area contributed by atoms with Crippen molar-refractivity contribution in [1.29, 1.82) is 0 Å². The van der Waals surface area contributed by atoms with E-state index in [4.69, 9.17) is 16.3 Å². The number of fused-ring (bicyclic) bond motifs is 1. The highest BCUT2D eigenvalue weighted by molar-refractivity contribution is 9.10. The molecule has 1 atom stereocenters. The van der Waals surface area contributed by atoms with Crippen LogP contribution in [0.4, 0.5) is 11.4 Å². The summed E-state index contributed by atoms with van der Waals surface area (Å²) in [4.78, 5) is 46.3. The number of amides is 3. The van der Waals surface area contributed by atoms with E-state index in [1.54, 1.807) is 47.4 Å². The van der Waals surface area contributed by atoms with Gasteiger partial charge in [0, 0.05) is 53.3 Å². The number of halogens is 2. The van der Waals surface area contributed by atoms with E-state index in [9.17, 15) is 14.4 Å². The molecule has 1 unspecified atom stereocenters. The van der Waals surface area contributed by atoms with Crippen molar-refractivity contribution in [3.8, 4) is 5.75 Å². The Balaban J connectivity index is 1.37. The van der Waals surface area contributed by atoms with E-state index in [2.05, 4.69) is 33.2 Å². The lowest BCUT2D eigenvalue weighted by molar-refractivity contribution is -0.131. The molecule has 2 aliphatic rings. The number of carbonyl (C=O) groups is 3. The molecule has 0 saturated carbocycles. The SMILES string of the molecule is COc1cc(C(=O)N2CCCC(CC(=O)N3CCCN(C)CC3)c3cc(Cl)ccc32)ccc1NC(=O)c1ccccc1Br. The summed E-state index contributed by atoms with van der Waals surface area (Å²) < 4.78 is 6.25. The van der Waals surface area contributed by atoms with Gasteiger partial charge in [0.1, 0.15) is 5.75 Å². The van der Waals surface area contributed by atoms with Gasteiger partial charge in [-0.15, -0.1) is 0 Å². The highest BCUT2D eigenvalue weighted by Gasteiger charge is 2.30. The lowest BCUT2D eigenvalue weighted by Crippen LogP contribution is -2.35. The van der Waals surface area contributed by atoms with Crippen molar-refractivity contribution in [2.75, 3.05) is 57.1 Å². The molecule has 3 aromatic rings. The minimum atomic E-state index is -0.295. The molecular weight excluding hydrogens is 632 g/mol. The normalized spacial score (nSPS) is 17.4. The third kappa shape index (κ3) is 7.22. The summed E-state index contributed by atoms with van der Waals surface area (Å²) >= 11 is 9.87. The first kappa shape index (κ1) is 31.0. The molecule has 0 aliphatic carbocycles. The average molecular weight is 668 g/mol. The molecule has 226 valence electrons. The van der Waals surface area contributed by atoms with Crippen molar-refractivity contribution in [3.63, 3.8) is 0 Å². The zero-order valence-electron chi connectivity index (χ0n) is 24.4. The second-order valence-corrected chi connectivity index (χ2v) is 12.4. The fraction of sp³-hybridized carbons (Fsp3) is 0.364. The van der Waals surface area contributed by atoms with E-state index in [1.165, 1.54) is 7.11 Å². The number of methoxy groups -OCH3 is 1. The molecule has 3 aromatic carbocycles. The van der Waals surface area contributed by atoms with E-state index >= 15 is 0 Å². The summed E-state index contributed by atoms with van der Waals surface area (Å²) in [6.45, 7) is 3.87. The van der Waals surface area contributed by atoms with E-state index in [0.717, 1.165) is 56.7 Å². The van der Waals surface area contributed by atoms with Crippen LogP contribution in [0.2, 0.25) is 5.02 Å². The largest absolute Gasteiger partial charge is 0.495 e. The molecule has 0 aromatic heterocycles. The molecule has 3 amide bonds. The minimum Gasteiger partial charge on any atom is -0.495 e. The van der Waals surface area contributed by atoms with Gasteiger partial charge in [0.25, 0.3) is 11.8 Å². The Hall–Kier alpha value is -3.40.